The number of amides is 1. The number of fused-ring (bicyclic) bond motifs is 1. The van der Waals surface area contributed by atoms with Crippen LogP contribution in [0.5, 0.6) is 0 Å². The second-order valence-corrected chi connectivity index (χ2v) is 10.5. The molecule has 5 aromatic rings. The van der Waals surface area contributed by atoms with Gasteiger partial charge in [0.1, 0.15) is 0 Å². The first-order valence-electron chi connectivity index (χ1n) is 13.6. The Hall–Kier alpha value is -4.58. The van der Waals surface area contributed by atoms with E-state index in [1.54, 1.807) is 16.9 Å². The highest BCUT2D eigenvalue weighted by atomic mass is 35.5. The Balaban J connectivity index is 0.00000353. The summed E-state index contributed by atoms with van der Waals surface area (Å²) in [6.45, 7) is 3.93. The normalized spacial score (nSPS) is 17.5. The quantitative estimate of drug-likeness (QED) is 0.280. The van der Waals surface area contributed by atoms with Crippen LogP contribution in [0.2, 0.25) is 0 Å². The lowest BCUT2D eigenvalue weighted by Crippen LogP contribution is -2.35. The molecule has 13 heteroatoms. The van der Waals surface area contributed by atoms with Gasteiger partial charge >= 0.3 is 0 Å². The molecule has 1 fully saturated rings. The predicted octanol–water partition coefficient (Wildman–Crippen LogP) is 4.69. The van der Waals surface area contributed by atoms with E-state index in [0.29, 0.717) is 53.9 Å². The van der Waals surface area contributed by atoms with Crippen molar-refractivity contribution in [2.24, 2.45) is 11.7 Å². The molecular formula is C29H31ClFN9O2. The van der Waals surface area contributed by atoms with Crippen LogP contribution >= 0.6 is 12.4 Å². The van der Waals surface area contributed by atoms with Crippen LogP contribution in [0.25, 0.3) is 16.6 Å². The van der Waals surface area contributed by atoms with E-state index in [-0.39, 0.29) is 41.9 Å². The summed E-state index contributed by atoms with van der Waals surface area (Å²) in [5.74, 6) is 0.771. The van der Waals surface area contributed by atoms with Gasteiger partial charge in [0, 0.05) is 29.3 Å². The van der Waals surface area contributed by atoms with Crippen molar-refractivity contribution < 1.29 is 9.18 Å². The molecule has 0 unspecified atom stereocenters. The van der Waals surface area contributed by atoms with Gasteiger partial charge in [-0.05, 0) is 57.2 Å². The highest BCUT2D eigenvalue weighted by molar-refractivity contribution is 5.93. The van der Waals surface area contributed by atoms with Crippen molar-refractivity contribution in [2.45, 2.75) is 51.6 Å². The van der Waals surface area contributed by atoms with E-state index in [9.17, 15) is 14.0 Å². The molecule has 1 aliphatic rings. The summed E-state index contributed by atoms with van der Waals surface area (Å²) in [5, 5.41) is 17.8. The minimum atomic E-state index is -0.444. The number of pyridine rings is 1. The Morgan fingerprint density at radius 2 is 1.86 bits per heavy atom. The number of aromatic amines is 1. The van der Waals surface area contributed by atoms with Gasteiger partial charge in [0.25, 0.3) is 5.56 Å². The zero-order valence-electron chi connectivity index (χ0n) is 23.1. The number of hydrogen-bond acceptors (Lipinski definition) is 7. The van der Waals surface area contributed by atoms with Crippen molar-refractivity contribution in [3.05, 3.63) is 88.5 Å². The molecule has 1 atom stereocenters. The Labute approximate surface area is 247 Å². The molecule has 42 heavy (non-hydrogen) atoms. The average Bonchev–Trinajstić information content (AvgIpc) is 3.62. The molecule has 1 amide bonds. The maximum absolute atomic E-state index is 13.7. The molecule has 0 radical (unpaired) electrons. The van der Waals surface area contributed by atoms with Gasteiger partial charge in [-0.1, -0.05) is 24.3 Å². The molecule has 1 saturated carbocycles. The highest BCUT2D eigenvalue weighted by Crippen LogP contribution is 2.38. The zero-order valence-corrected chi connectivity index (χ0v) is 24.0. The molecule has 0 aliphatic heterocycles. The molecule has 0 saturated heterocycles. The van der Waals surface area contributed by atoms with Crippen LogP contribution < -0.4 is 16.2 Å². The Morgan fingerprint density at radius 3 is 2.45 bits per heavy atom. The summed E-state index contributed by atoms with van der Waals surface area (Å²) in [5.41, 5.74) is 7.10. The lowest BCUT2D eigenvalue weighted by Gasteiger charge is -2.32. The molecule has 6 rings (SSSR count). The second kappa shape index (κ2) is 11.7. The van der Waals surface area contributed by atoms with E-state index < -0.39 is 5.82 Å². The lowest BCUT2D eigenvalue weighted by molar-refractivity contribution is -0.122. The number of anilines is 2. The van der Waals surface area contributed by atoms with Crippen LogP contribution in [-0.4, -0.2) is 40.6 Å². The number of nitrogens with one attached hydrogen (secondary N) is 1. The Bertz CT molecular complexity index is 1770. The summed E-state index contributed by atoms with van der Waals surface area (Å²) in [4.78, 5) is 31.9. The molecule has 1 aromatic carbocycles. The van der Waals surface area contributed by atoms with Gasteiger partial charge in [-0.3, -0.25) is 14.7 Å². The predicted molar refractivity (Wildman–Crippen MR) is 159 cm³/mol. The third-order valence-corrected chi connectivity index (χ3v) is 7.85. The number of carbonyl (C=O) groups excluding carboxylic acids is 1. The van der Waals surface area contributed by atoms with Crippen LogP contribution in [0, 0.1) is 18.7 Å². The number of primary amides is 1. The molecule has 3 N–H and O–H groups in total. The molecule has 0 bridgehead atoms. The molecule has 11 nitrogen and oxygen atoms in total. The number of aryl methyl sites for hydroxylation is 1. The summed E-state index contributed by atoms with van der Waals surface area (Å²) >= 11 is 0. The number of aromatic nitrogens is 7. The van der Waals surface area contributed by atoms with E-state index in [0.717, 1.165) is 17.5 Å². The number of H-pyrrole nitrogens is 1. The van der Waals surface area contributed by atoms with E-state index >= 15 is 0 Å². The standard InChI is InChI=1S/C29H30FN9O2.ClH/c1-17-13-26(35-34-17)38(18(2)20-9-12-25(32-14-20)37-16-21(30)15-33-37)28-23-5-3-4-6-24(23)29(41)39(36-28)22-10-7-19(8-11-22)27(31)40;/h3-6,9,12-16,18-19,22H,7-8,10-11H2,1-2H3,(H2,31,40)(H,34,35);1H/t18-,19?,22?;/m0./s1. The first-order valence-corrected chi connectivity index (χ1v) is 13.6. The molecular weight excluding hydrogens is 561 g/mol. The fourth-order valence-corrected chi connectivity index (χ4v) is 5.59. The van der Waals surface area contributed by atoms with Crippen LogP contribution in [0.3, 0.4) is 0 Å². The average molecular weight is 592 g/mol. The third kappa shape index (κ3) is 5.37. The Morgan fingerprint density at radius 1 is 1.12 bits per heavy atom. The van der Waals surface area contributed by atoms with Crippen LogP contribution in [0.4, 0.5) is 16.0 Å². The van der Waals surface area contributed by atoms with E-state index in [1.807, 2.05) is 55.1 Å². The van der Waals surface area contributed by atoms with Gasteiger partial charge < -0.3 is 10.6 Å². The molecule has 4 heterocycles. The SMILES string of the molecule is Cc1cc(N(c2nn(C3CCC(C(N)=O)CC3)c(=O)c3ccccc23)[C@@H](C)c2ccc(-n3cc(F)cn3)nc2)n[nH]1.Cl. The summed E-state index contributed by atoms with van der Waals surface area (Å²) < 4.78 is 16.4. The van der Waals surface area contributed by atoms with E-state index in [4.69, 9.17) is 10.8 Å². The fraction of sp³-hybridized carbons (Fsp3) is 0.310. The van der Waals surface area contributed by atoms with Gasteiger partial charge in [0.15, 0.2) is 23.3 Å². The van der Waals surface area contributed by atoms with Crippen molar-refractivity contribution in [1.29, 1.82) is 0 Å². The van der Waals surface area contributed by atoms with Crippen molar-refractivity contribution in [2.75, 3.05) is 4.90 Å². The number of nitrogens with two attached hydrogens (primary N) is 1. The van der Waals surface area contributed by atoms with E-state index in [1.165, 1.54) is 10.9 Å². The number of carbonyl (C=O) groups is 1. The largest absolute Gasteiger partial charge is 0.369 e. The van der Waals surface area contributed by atoms with Gasteiger partial charge in [0.2, 0.25) is 5.91 Å². The van der Waals surface area contributed by atoms with E-state index in [2.05, 4.69) is 20.3 Å². The highest BCUT2D eigenvalue weighted by Gasteiger charge is 2.30. The molecule has 1 aliphatic carbocycles. The van der Waals surface area contributed by atoms with Crippen LogP contribution in [0.15, 0.2) is 65.8 Å². The smallest absolute Gasteiger partial charge is 0.275 e. The first kappa shape index (κ1) is 28.9. The summed E-state index contributed by atoms with van der Waals surface area (Å²) in [6.07, 6.45) is 6.62. The topological polar surface area (TPSA) is 141 Å². The third-order valence-electron chi connectivity index (χ3n) is 7.85. The van der Waals surface area contributed by atoms with Gasteiger partial charge in [-0.25, -0.2) is 18.7 Å². The zero-order chi connectivity index (χ0) is 28.7. The fourth-order valence-electron chi connectivity index (χ4n) is 5.59. The van der Waals surface area contributed by atoms with Crippen LogP contribution in [-0.2, 0) is 4.79 Å². The Kier molecular flexibility index (Phi) is 8.08. The van der Waals surface area contributed by atoms with Gasteiger partial charge in [-0.15, -0.1) is 12.4 Å². The maximum Gasteiger partial charge on any atom is 0.275 e. The number of halogens is 2. The van der Waals surface area contributed by atoms with Gasteiger partial charge in [-0.2, -0.15) is 15.3 Å². The number of hydrogen-bond donors (Lipinski definition) is 2. The number of rotatable bonds is 7. The van der Waals surface area contributed by atoms with Crippen molar-refractivity contribution >= 4 is 40.7 Å². The number of nitrogens with zero attached hydrogens (tertiary/aromatic N) is 7. The maximum atomic E-state index is 13.7. The minimum Gasteiger partial charge on any atom is -0.369 e. The number of benzene rings is 1. The molecule has 4 aromatic heterocycles. The van der Waals surface area contributed by atoms with Crippen LogP contribution in [0.1, 0.15) is 55.9 Å². The van der Waals surface area contributed by atoms with Crippen molar-refractivity contribution in [1.82, 2.24) is 34.7 Å². The summed E-state index contributed by atoms with van der Waals surface area (Å²) in [6, 6.07) is 12.6. The lowest BCUT2D eigenvalue weighted by atomic mass is 9.85. The first-order chi connectivity index (χ1) is 19.8. The monoisotopic (exact) mass is 591 g/mol. The van der Waals surface area contributed by atoms with Crippen molar-refractivity contribution in [3.63, 3.8) is 0 Å². The van der Waals surface area contributed by atoms with Gasteiger partial charge in [0.05, 0.1) is 29.9 Å². The minimum absolute atomic E-state index is 0. The molecule has 0 spiro atoms. The second-order valence-electron chi connectivity index (χ2n) is 10.5. The molecule has 218 valence electrons. The van der Waals surface area contributed by atoms with Crippen molar-refractivity contribution in [3.8, 4) is 5.82 Å². The summed E-state index contributed by atoms with van der Waals surface area (Å²) in [7, 11) is 0.